The summed E-state index contributed by atoms with van der Waals surface area (Å²) in [5, 5.41) is 3.32. The van der Waals surface area contributed by atoms with Gasteiger partial charge in [-0.1, -0.05) is 0 Å². The molecule has 96 valence electrons. The Hall–Kier alpha value is -1.75. The van der Waals surface area contributed by atoms with E-state index in [1.54, 1.807) is 7.11 Å². The largest absolute Gasteiger partial charge is 0.497 e. The highest BCUT2D eigenvalue weighted by Gasteiger charge is 2.17. The van der Waals surface area contributed by atoms with Crippen molar-refractivity contribution >= 4 is 11.0 Å². The Morgan fingerprint density at radius 2 is 2.39 bits per heavy atom. The van der Waals surface area contributed by atoms with Gasteiger partial charge in [0.2, 0.25) is 0 Å². The first kappa shape index (κ1) is 11.3. The summed E-state index contributed by atoms with van der Waals surface area (Å²) in [6.45, 7) is 2.82. The predicted molar refractivity (Wildman–Crippen MR) is 70.1 cm³/mol. The second-order valence-corrected chi connectivity index (χ2v) is 4.78. The lowest BCUT2D eigenvalue weighted by Gasteiger charge is -2.09. The molecular weight excluding hydrogens is 230 g/mol. The normalized spacial score (nSPS) is 19.5. The van der Waals surface area contributed by atoms with Crippen LogP contribution in [0.15, 0.2) is 23.0 Å². The summed E-state index contributed by atoms with van der Waals surface area (Å²) in [7, 11) is 1.63. The van der Waals surface area contributed by atoms with Crippen LogP contribution in [0.2, 0.25) is 0 Å². The third-order valence-electron chi connectivity index (χ3n) is 3.58. The van der Waals surface area contributed by atoms with Gasteiger partial charge in [-0.15, -0.1) is 0 Å². The van der Waals surface area contributed by atoms with E-state index in [9.17, 15) is 4.79 Å². The summed E-state index contributed by atoms with van der Waals surface area (Å²) in [6, 6.07) is 5.69. The van der Waals surface area contributed by atoms with Crippen LogP contribution in [0.25, 0.3) is 11.0 Å². The van der Waals surface area contributed by atoms with Crippen molar-refractivity contribution in [3.05, 3.63) is 28.7 Å². The van der Waals surface area contributed by atoms with Crippen LogP contribution in [-0.2, 0) is 6.54 Å². The van der Waals surface area contributed by atoms with E-state index in [1.165, 1.54) is 0 Å². The van der Waals surface area contributed by atoms with Gasteiger partial charge >= 0.3 is 5.69 Å². The van der Waals surface area contributed by atoms with Crippen LogP contribution in [-0.4, -0.2) is 29.8 Å². The third-order valence-corrected chi connectivity index (χ3v) is 3.58. The molecule has 1 atom stereocenters. The van der Waals surface area contributed by atoms with Crippen LogP contribution in [0, 0.1) is 5.92 Å². The number of aromatic nitrogens is 2. The van der Waals surface area contributed by atoms with Crippen molar-refractivity contribution in [2.75, 3.05) is 20.2 Å². The quantitative estimate of drug-likeness (QED) is 0.849. The van der Waals surface area contributed by atoms with Gasteiger partial charge in [0.1, 0.15) is 5.75 Å². The number of imidazole rings is 1. The fraction of sp³-hybridized carbons (Fsp3) is 0.462. The molecule has 0 radical (unpaired) electrons. The SMILES string of the molecule is COc1ccc2c(c1)[nH]c(=O)n2CC1CCNC1. The number of hydrogen-bond donors (Lipinski definition) is 2. The zero-order valence-electron chi connectivity index (χ0n) is 10.4. The zero-order chi connectivity index (χ0) is 12.5. The lowest BCUT2D eigenvalue weighted by atomic mass is 10.1. The highest BCUT2D eigenvalue weighted by Crippen LogP contribution is 2.19. The monoisotopic (exact) mass is 247 g/mol. The molecule has 0 saturated carbocycles. The van der Waals surface area contributed by atoms with Crippen LogP contribution in [0.3, 0.4) is 0 Å². The molecule has 1 aliphatic heterocycles. The Morgan fingerprint density at radius 1 is 1.50 bits per heavy atom. The Bertz CT molecular complexity index is 608. The second kappa shape index (κ2) is 4.49. The van der Waals surface area contributed by atoms with Crippen LogP contribution < -0.4 is 15.7 Å². The molecule has 5 heteroatoms. The topological polar surface area (TPSA) is 59.1 Å². The molecule has 2 heterocycles. The van der Waals surface area contributed by atoms with Gasteiger partial charge in [-0.25, -0.2) is 4.79 Å². The van der Waals surface area contributed by atoms with Gasteiger partial charge in [0.25, 0.3) is 0 Å². The van der Waals surface area contributed by atoms with Gasteiger partial charge in [0.05, 0.1) is 18.1 Å². The number of nitrogens with one attached hydrogen (secondary N) is 2. The molecular formula is C13H17N3O2. The maximum absolute atomic E-state index is 12.0. The highest BCUT2D eigenvalue weighted by atomic mass is 16.5. The molecule has 1 aromatic heterocycles. The minimum atomic E-state index is -0.0369. The van der Waals surface area contributed by atoms with Crippen molar-refractivity contribution in [2.24, 2.45) is 5.92 Å². The van der Waals surface area contributed by atoms with Crippen LogP contribution in [0.5, 0.6) is 5.75 Å². The van der Waals surface area contributed by atoms with E-state index in [0.717, 1.165) is 42.8 Å². The van der Waals surface area contributed by atoms with Gasteiger partial charge in [-0.3, -0.25) is 4.57 Å². The number of fused-ring (bicyclic) bond motifs is 1. The Kier molecular flexibility index (Phi) is 2.83. The fourth-order valence-electron chi connectivity index (χ4n) is 2.58. The highest BCUT2D eigenvalue weighted by molar-refractivity contribution is 5.76. The van der Waals surface area contributed by atoms with Crippen molar-refractivity contribution in [2.45, 2.75) is 13.0 Å². The first-order valence-corrected chi connectivity index (χ1v) is 6.25. The predicted octanol–water partition coefficient (Wildman–Crippen LogP) is 0.948. The van der Waals surface area contributed by atoms with Crippen molar-refractivity contribution < 1.29 is 4.74 Å². The first-order chi connectivity index (χ1) is 8.78. The Morgan fingerprint density at radius 3 is 3.11 bits per heavy atom. The maximum Gasteiger partial charge on any atom is 0.326 e. The standard InChI is InChI=1S/C13H17N3O2/c1-18-10-2-3-12-11(6-10)15-13(17)16(12)8-9-4-5-14-7-9/h2-3,6,9,14H,4-5,7-8H2,1H3,(H,15,17). The van der Waals surface area contributed by atoms with Crippen molar-refractivity contribution in [3.63, 3.8) is 0 Å². The van der Waals surface area contributed by atoms with Crippen molar-refractivity contribution in [1.82, 2.24) is 14.9 Å². The average molecular weight is 247 g/mol. The van der Waals surface area contributed by atoms with Gasteiger partial charge < -0.3 is 15.0 Å². The summed E-state index contributed by atoms with van der Waals surface area (Å²) < 4.78 is 6.99. The van der Waals surface area contributed by atoms with E-state index in [1.807, 2.05) is 22.8 Å². The molecule has 0 amide bonds. The zero-order valence-corrected chi connectivity index (χ0v) is 10.4. The molecule has 0 bridgehead atoms. The summed E-state index contributed by atoms with van der Waals surface area (Å²) in [4.78, 5) is 14.9. The number of aromatic amines is 1. The van der Waals surface area contributed by atoms with Gasteiger partial charge in [-0.2, -0.15) is 0 Å². The van der Waals surface area contributed by atoms with Crippen molar-refractivity contribution in [1.29, 1.82) is 0 Å². The molecule has 1 aromatic carbocycles. The van der Waals surface area contributed by atoms with E-state index in [-0.39, 0.29) is 5.69 Å². The van der Waals surface area contributed by atoms with Crippen LogP contribution >= 0.6 is 0 Å². The number of hydrogen-bond acceptors (Lipinski definition) is 3. The Balaban J connectivity index is 2.00. The number of methoxy groups -OCH3 is 1. The lowest BCUT2D eigenvalue weighted by Crippen LogP contribution is -2.22. The van der Waals surface area contributed by atoms with Crippen LogP contribution in [0.4, 0.5) is 0 Å². The van der Waals surface area contributed by atoms with Crippen molar-refractivity contribution in [3.8, 4) is 5.75 Å². The molecule has 2 aromatic rings. The summed E-state index contributed by atoms with van der Waals surface area (Å²) in [5.74, 6) is 1.31. The second-order valence-electron chi connectivity index (χ2n) is 4.78. The molecule has 3 rings (SSSR count). The molecule has 1 saturated heterocycles. The number of rotatable bonds is 3. The fourth-order valence-corrected chi connectivity index (χ4v) is 2.58. The van der Waals surface area contributed by atoms with Crippen LogP contribution in [0.1, 0.15) is 6.42 Å². The van der Waals surface area contributed by atoms with E-state index in [2.05, 4.69) is 10.3 Å². The van der Waals surface area contributed by atoms with Gasteiger partial charge in [0.15, 0.2) is 0 Å². The third kappa shape index (κ3) is 1.90. The number of ether oxygens (including phenoxy) is 1. The number of benzene rings is 1. The average Bonchev–Trinajstić information content (AvgIpc) is 2.98. The van der Waals surface area contributed by atoms with E-state index in [4.69, 9.17) is 4.74 Å². The minimum absolute atomic E-state index is 0.0369. The van der Waals surface area contributed by atoms with E-state index in [0.29, 0.717) is 5.92 Å². The van der Waals surface area contributed by atoms with Gasteiger partial charge in [-0.05, 0) is 37.6 Å². The smallest absolute Gasteiger partial charge is 0.326 e. The number of H-pyrrole nitrogens is 1. The molecule has 0 spiro atoms. The summed E-state index contributed by atoms with van der Waals surface area (Å²) >= 11 is 0. The Labute approximate surface area is 105 Å². The van der Waals surface area contributed by atoms with E-state index < -0.39 is 0 Å². The number of nitrogens with zero attached hydrogens (tertiary/aromatic N) is 1. The molecule has 1 aliphatic rings. The summed E-state index contributed by atoms with van der Waals surface area (Å²) in [6.07, 6.45) is 1.13. The minimum Gasteiger partial charge on any atom is -0.497 e. The molecule has 2 N–H and O–H groups in total. The van der Waals surface area contributed by atoms with E-state index >= 15 is 0 Å². The maximum atomic E-state index is 12.0. The molecule has 0 aliphatic carbocycles. The lowest BCUT2D eigenvalue weighted by molar-refractivity contribution is 0.415. The molecule has 18 heavy (non-hydrogen) atoms. The molecule has 1 unspecified atom stereocenters. The molecule has 1 fully saturated rings. The first-order valence-electron chi connectivity index (χ1n) is 6.25. The van der Waals surface area contributed by atoms with Gasteiger partial charge in [0, 0.05) is 12.6 Å². The summed E-state index contributed by atoms with van der Waals surface area (Å²) in [5.41, 5.74) is 1.75. The molecule has 5 nitrogen and oxygen atoms in total.